The van der Waals surface area contributed by atoms with Crippen molar-refractivity contribution in [2.45, 2.75) is 20.8 Å². The van der Waals surface area contributed by atoms with Crippen LogP contribution in [0, 0.1) is 5.41 Å². The average Bonchev–Trinajstić information content (AvgIpc) is 2.40. The van der Waals surface area contributed by atoms with Gasteiger partial charge >= 0.3 is 0 Å². The van der Waals surface area contributed by atoms with E-state index in [0.717, 1.165) is 0 Å². The van der Waals surface area contributed by atoms with Crippen molar-refractivity contribution in [1.82, 2.24) is 0 Å². The second-order valence-corrected chi connectivity index (χ2v) is 7.79. The van der Waals surface area contributed by atoms with Gasteiger partial charge in [-0.05, 0) is 23.9 Å². The van der Waals surface area contributed by atoms with Crippen LogP contribution in [0.4, 0.5) is 0 Å². The third kappa shape index (κ3) is 4.33. The van der Waals surface area contributed by atoms with E-state index in [4.69, 9.17) is 0 Å². The van der Waals surface area contributed by atoms with Crippen LogP contribution < -0.4 is 10.6 Å². The molecule has 19 heavy (non-hydrogen) atoms. The molecule has 0 aliphatic rings. The van der Waals surface area contributed by atoms with Gasteiger partial charge in [-0.3, -0.25) is 0 Å². The fraction of sp³-hybridized carbons (Fsp3) is 0.222. The second-order valence-electron chi connectivity index (χ2n) is 5.72. The summed E-state index contributed by atoms with van der Waals surface area (Å²) in [6, 6.07) is 21.6. The summed E-state index contributed by atoms with van der Waals surface area (Å²) >= 11 is 0. The normalized spacial score (nSPS) is 12.2. The maximum absolute atomic E-state index is 2.39. The zero-order valence-corrected chi connectivity index (χ0v) is 12.8. The van der Waals surface area contributed by atoms with Gasteiger partial charge in [-0.25, -0.2) is 0 Å². The Hall–Kier alpha value is -1.39. The van der Waals surface area contributed by atoms with Crippen molar-refractivity contribution in [2.75, 3.05) is 0 Å². The minimum absolute atomic E-state index is 0.226. The largest absolute Gasteiger partial charge is 0.0780 e. The summed E-state index contributed by atoms with van der Waals surface area (Å²) in [5.41, 5.74) is 0.226. The molecule has 0 saturated heterocycles. The Morgan fingerprint density at radius 3 is 1.53 bits per heavy atom. The van der Waals surface area contributed by atoms with E-state index >= 15 is 0 Å². The van der Waals surface area contributed by atoms with E-state index in [9.17, 15) is 0 Å². The van der Waals surface area contributed by atoms with Crippen molar-refractivity contribution in [2.24, 2.45) is 5.41 Å². The van der Waals surface area contributed by atoms with E-state index < -0.39 is 7.92 Å². The first-order valence-electron chi connectivity index (χ1n) is 6.65. The maximum Gasteiger partial charge on any atom is -0.0157 e. The van der Waals surface area contributed by atoms with Crippen molar-refractivity contribution >= 4 is 18.5 Å². The maximum atomic E-state index is 2.39. The molecule has 0 atom stereocenters. The van der Waals surface area contributed by atoms with Gasteiger partial charge in [-0.15, -0.1) is 0 Å². The molecule has 2 rings (SSSR count). The molecule has 2 aromatic carbocycles. The molecule has 2 aromatic rings. The van der Waals surface area contributed by atoms with Crippen LogP contribution in [0.1, 0.15) is 20.8 Å². The zero-order valence-electron chi connectivity index (χ0n) is 11.9. The SMILES string of the molecule is CC(C)(C)/C=C/P(c1ccccc1)c1ccccc1. The smallest absolute Gasteiger partial charge is 0.0157 e. The quantitative estimate of drug-likeness (QED) is 0.709. The van der Waals surface area contributed by atoms with Crippen LogP contribution in [0.5, 0.6) is 0 Å². The topological polar surface area (TPSA) is 0 Å². The van der Waals surface area contributed by atoms with Gasteiger partial charge in [-0.1, -0.05) is 93.3 Å². The number of benzene rings is 2. The number of hydrogen-bond donors (Lipinski definition) is 0. The molecule has 0 aliphatic heterocycles. The summed E-state index contributed by atoms with van der Waals surface area (Å²) in [7, 11) is -0.396. The van der Waals surface area contributed by atoms with Gasteiger partial charge in [0.15, 0.2) is 0 Å². The van der Waals surface area contributed by atoms with Gasteiger partial charge in [0.1, 0.15) is 0 Å². The molecule has 0 saturated carbocycles. The molecule has 0 aromatic heterocycles. The molecule has 0 nitrogen and oxygen atoms in total. The summed E-state index contributed by atoms with van der Waals surface area (Å²) in [5.74, 6) is 2.39. The first-order valence-corrected chi connectivity index (χ1v) is 8.06. The zero-order chi connectivity index (χ0) is 13.7. The summed E-state index contributed by atoms with van der Waals surface area (Å²) in [6.07, 6.45) is 2.33. The summed E-state index contributed by atoms with van der Waals surface area (Å²) in [4.78, 5) is 0. The van der Waals surface area contributed by atoms with Gasteiger partial charge in [0.2, 0.25) is 0 Å². The summed E-state index contributed by atoms with van der Waals surface area (Å²) in [5, 5.41) is 2.81. The molecule has 98 valence electrons. The molecule has 0 N–H and O–H groups in total. The van der Waals surface area contributed by atoms with Crippen molar-refractivity contribution in [3.63, 3.8) is 0 Å². The monoisotopic (exact) mass is 268 g/mol. The Balaban J connectivity index is 2.38. The Morgan fingerprint density at radius 2 is 1.16 bits per heavy atom. The second kappa shape index (κ2) is 6.17. The number of allylic oxidation sites excluding steroid dienone is 1. The number of rotatable bonds is 3. The highest BCUT2D eigenvalue weighted by atomic mass is 31.1. The van der Waals surface area contributed by atoms with Crippen molar-refractivity contribution in [3.05, 3.63) is 72.6 Å². The highest BCUT2D eigenvalue weighted by Gasteiger charge is 2.12. The predicted octanol–water partition coefficient (Wildman–Crippen LogP) is 4.68. The molecule has 0 bridgehead atoms. The molecule has 0 aliphatic carbocycles. The highest BCUT2D eigenvalue weighted by molar-refractivity contribution is 7.75. The van der Waals surface area contributed by atoms with Crippen molar-refractivity contribution in [3.8, 4) is 0 Å². The molecule has 1 heteroatoms. The van der Waals surface area contributed by atoms with E-state index in [0.29, 0.717) is 0 Å². The Bertz CT molecular complexity index is 481. The van der Waals surface area contributed by atoms with Gasteiger partial charge in [0.05, 0.1) is 0 Å². The summed E-state index contributed by atoms with van der Waals surface area (Å²) < 4.78 is 0. The van der Waals surface area contributed by atoms with Crippen molar-refractivity contribution in [1.29, 1.82) is 0 Å². The lowest BCUT2D eigenvalue weighted by molar-refractivity contribution is 0.545. The molecule has 0 heterocycles. The van der Waals surface area contributed by atoms with Gasteiger partial charge < -0.3 is 0 Å². The first-order chi connectivity index (χ1) is 9.06. The van der Waals surface area contributed by atoms with Gasteiger partial charge in [-0.2, -0.15) is 0 Å². The van der Waals surface area contributed by atoms with Crippen LogP contribution in [0.3, 0.4) is 0 Å². The lowest BCUT2D eigenvalue weighted by atomic mass is 9.98. The fourth-order valence-corrected chi connectivity index (χ4v) is 4.02. The lowest BCUT2D eigenvalue weighted by Gasteiger charge is -2.17. The van der Waals surface area contributed by atoms with Gasteiger partial charge in [0.25, 0.3) is 0 Å². The van der Waals surface area contributed by atoms with E-state index in [2.05, 4.69) is 93.3 Å². The third-order valence-electron chi connectivity index (χ3n) is 2.79. The molecular weight excluding hydrogens is 247 g/mol. The minimum Gasteiger partial charge on any atom is -0.0780 e. The van der Waals surface area contributed by atoms with E-state index in [1.165, 1.54) is 10.6 Å². The first kappa shape index (κ1) is 14.0. The standard InChI is InChI=1S/C18H21P/c1-18(2,3)14-15-19(16-10-6-4-7-11-16)17-12-8-5-9-13-17/h4-15H,1-3H3/b15-14+. The van der Waals surface area contributed by atoms with E-state index in [1.54, 1.807) is 0 Å². The van der Waals surface area contributed by atoms with Crippen LogP contribution in [-0.2, 0) is 0 Å². The molecule has 0 unspecified atom stereocenters. The average molecular weight is 268 g/mol. The predicted molar refractivity (Wildman–Crippen MR) is 87.7 cm³/mol. The molecule has 0 spiro atoms. The molecule has 0 fully saturated rings. The minimum atomic E-state index is -0.396. The van der Waals surface area contributed by atoms with Crippen LogP contribution in [0.25, 0.3) is 0 Å². The Kier molecular flexibility index (Phi) is 4.56. The van der Waals surface area contributed by atoms with E-state index in [-0.39, 0.29) is 5.41 Å². The van der Waals surface area contributed by atoms with Crippen LogP contribution in [-0.4, -0.2) is 0 Å². The molecule has 0 radical (unpaired) electrons. The van der Waals surface area contributed by atoms with Gasteiger partial charge in [0, 0.05) is 0 Å². The van der Waals surface area contributed by atoms with Crippen LogP contribution in [0.15, 0.2) is 72.6 Å². The number of hydrogen-bond acceptors (Lipinski definition) is 0. The van der Waals surface area contributed by atoms with E-state index in [1.807, 2.05) is 0 Å². The Labute approximate surface area is 117 Å². The molecular formula is C18H21P. The van der Waals surface area contributed by atoms with Crippen LogP contribution >= 0.6 is 7.92 Å². The summed E-state index contributed by atoms with van der Waals surface area (Å²) in [6.45, 7) is 6.73. The lowest BCUT2D eigenvalue weighted by Crippen LogP contribution is -2.10. The highest BCUT2D eigenvalue weighted by Crippen LogP contribution is 2.36. The van der Waals surface area contributed by atoms with Crippen LogP contribution in [0.2, 0.25) is 0 Å². The third-order valence-corrected chi connectivity index (χ3v) is 4.95. The Morgan fingerprint density at radius 1 is 0.737 bits per heavy atom. The fourth-order valence-electron chi connectivity index (χ4n) is 1.80. The molecule has 0 amide bonds. The van der Waals surface area contributed by atoms with Crippen molar-refractivity contribution < 1.29 is 0 Å².